The van der Waals surface area contributed by atoms with Crippen LogP contribution in [0.3, 0.4) is 0 Å². The zero-order chi connectivity index (χ0) is 17.7. The fourth-order valence-electron chi connectivity index (χ4n) is 3.39. The van der Waals surface area contributed by atoms with Gasteiger partial charge in [0.15, 0.2) is 0 Å². The van der Waals surface area contributed by atoms with Gasteiger partial charge in [-0.3, -0.25) is 0 Å². The molecule has 146 valence electrons. The number of hydrogen-bond donors (Lipinski definition) is 2. The molecule has 0 radical (unpaired) electrons. The topological polar surface area (TPSA) is 38.0 Å². The summed E-state index contributed by atoms with van der Waals surface area (Å²) in [6, 6.07) is 0.408. The molecule has 0 bridgehead atoms. The molecule has 0 rings (SSSR count). The van der Waals surface area contributed by atoms with Crippen LogP contribution in [0.2, 0.25) is 0 Å². The van der Waals surface area contributed by atoms with Crippen molar-refractivity contribution in [3.63, 3.8) is 0 Å². The Morgan fingerprint density at radius 3 is 1.42 bits per heavy atom. The molecule has 3 N–H and O–H groups in total. The Labute approximate surface area is 153 Å². The van der Waals surface area contributed by atoms with Gasteiger partial charge in [0.2, 0.25) is 0 Å². The molecule has 2 nitrogen and oxygen atoms in total. The van der Waals surface area contributed by atoms with E-state index in [1.54, 1.807) is 0 Å². The first-order valence-corrected chi connectivity index (χ1v) is 11.3. The normalized spacial score (nSPS) is 12.6. The summed E-state index contributed by atoms with van der Waals surface area (Å²) in [4.78, 5) is 0. The smallest absolute Gasteiger partial charge is 0.00509 e. The van der Waals surface area contributed by atoms with Crippen molar-refractivity contribution in [3.8, 4) is 0 Å². The number of hydrogen-bond acceptors (Lipinski definition) is 2. The average molecular weight is 341 g/mol. The van der Waals surface area contributed by atoms with Crippen molar-refractivity contribution in [2.75, 3.05) is 13.1 Å². The van der Waals surface area contributed by atoms with Crippen LogP contribution in [-0.4, -0.2) is 19.1 Å². The highest BCUT2D eigenvalue weighted by Crippen LogP contribution is 2.14. The van der Waals surface area contributed by atoms with E-state index in [4.69, 9.17) is 5.73 Å². The summed E-state index contributed by atoms with van der Waals surface area (Å²) in [5.74, 6) is 0. The summed E-state index contributed by atoms with van der Waals surface area (Å²) in [5, 5.41) is 3.35. The molecule has 0 aromatic rings. The van der Waals surface area contributed by atoms with Gasteiger partial charge in [0.05, 0.1) is 0 Å². The van der Waals surface area contributed by atoms with Crippen LogP contribution in [0, 0.1) is 0 Å². The third kappa shape index (κ3) is 20.0. The minimum absolute atomic E-state index is 0.408. The quantitative estimate of drug-likeness (QED) is 0.246. The first kappa shape index (κ1) is 23.9. The molecule has 0 amide bonds. The van der Waals surface area contributed by atoms with E-state index in [0.717, 1.165) is 19.5 Å². The van der Waals surface area contributed by atoms with E-state index in [9.17, 15) is 0 Å². The Morgan fingerprint density at radius 1 is 0.583 bits per heavy atom. The van der Waals surface area contributed by atoms with Gasteiger partial charge in [0.1, 0.15) is 0 Å². The fourth-order valence-corrected chi connectivity index (χ4v) is 3.39. The molecule has 1 unspecified atom stereocenters. The van der Waals surface area contributed by atoms with Gasteiger partial charge in [-0.2, -0.15) is 0 Å². The zero-order valence-electron chi connectivity index (χ0n) is 17.1. The van der Waals surface area contributed by atoms with E-state index in [1.165, 1.54) is 103 Å². The average Bonchev–Trinajstić information content (AvgIpc) is 2.58. The van der Waals surface area contributed by atoms with Crippen LogP contribution in [0.4, 0.5) is 0 Å². The second kappa shape index (κ2) is 21.0. The molecule has 0 aliphatic rings. The highest BCUT2D eigenvalue weighted by atomic mass is 14.8. The van der Waals surface area contributed by atoms with Gasteiger partial charge in [0, 0.05) is 6.04 Å². The second-order valence-electron chi connectivity index (χ2n) is 7.64. The summed E-state index contributed by atoms with van der Waals surface area (Å²) in [5.41, 5.74) is 6.13. The van der Waals surface area contributed by atoms with Crippen LogP contribution in [0.15, 0.2) is 0 Å². The lowest BCUT2D eigenvalue weighted by Crippen LogP contribution is -2.26. The third-order valence-corrected chi connectivity index (χ3v) is 5.12. The van der Waals surface area contributed by atoms with Gasteiger partial charge in [-0.1, -0.05) is 110 Å². The zero-order valence-corrected chi connectivity index (χ0v) is 17.1. The van der Waals surface area contributed by atoms with Gasteiger partial charge in [-0.15, -0.1) is 0 Å². The van der Waals surface area contributed by atoms with Crippen molar-refractivity contribution in [2.24, 2.45) is 5.73 Å². The van der Waals surface area contributed by atoms with Crippen LogP contribution >= 0.6 is 0 Å². The number of unbranched alkanes of at least 4 members (excludes halogenated alkanes) is 14. The summed E-state index contributed by atoms with van der Waals surface area (Å²) in [7, 11) is 0. The molecular weight excluding hydrogens is 292 g/mol. The molecule has 2 heteroatoms. The lowest BCUT2D eigenvalue weighted by atomic mass is 10.0. The summed E-state index contributed by atoms with van der Waals surface area (Å²) in [6.45, 7) is 6.59. The van der Waals surface area contributed by atoms with Crippen molar-refractivity contribution in [2.45, 2.75) is 129 Å². The lowest BCUT2D eigenvalue weighted by Gasteiger charge is -2.11. The number of nitrogens with two attached hydrogens (primary N) is 1. The van der Waals surface area contributed by atoms with E-state index in [1.807, 2.05) is 0 Å². The monoisotopic (exact) mass is 340 g/mol. The van der Waals surface area contributed by atoms with Crippen LogP contribution in [0.25, 0.3) is 0 Å². The Kier molecular flexibility index (Phi) is 20.9. The molecule has 0 aromatic carbocycles. The third-order valence-electron chi connectivity index (χ3n) is 5.12. The molecule has 0 saturated carbocycles. The summed E-state index contributed by atoms with van der Waals surface area (Å²) in [6.07, 6.45) is 23.9. The minimum Gasteiger partial charge on any atom is -0.328 e. The molecule has 0 aliphatic carbocycles. The molecule has 1 atom stereocenters. The predicted molar refractivity (Wildman–Crippen MR) is 111 cm³/mol. The molecular formula is C22H48N2. The fraction of sp³-hybridized carbons (Fsp3) is 1.00. The Morgan fingerprint density at radius 2 is 1.00 bits per heavy atom. The maximum atomic E-state index is 6.13. The lowest BCUT2D eigenvalue weighted by molar-refractivity contribution is 0.492. The maximum absolute atomic E-state index is 6.13. The molecule has 0 fully saturated rings. The van der Waals surface area contributed by atoms with E-state index in [0.29, 0.717) is 6.04 Å². The van der Waals surface area contributed by atoms with Gasteiger partial charge in [-0.25, -0.2) is 0 Å². The Balaban J connectivity index is 3.05. The highest BCUT2D eigenvalue weighted by Gasteiger charge is 2.01. The van der Waals surface area contributed by atoms with Gasteiger partial charge in [0.25, 0.3) is 0 Å². The van der Waals surface area contributed by atoms with Gasteiger partial charge < -0.3 is 11.1 Å². The van der Waals surface area contributed by atoms with E-state index in [2.05, 4.69) is 19.2 Å². The van der Waals surface area contributed by atoms with Crippen molar-refractivity contribution in [1.82, 2.24) is 5.32 Å². The van der Waals surface area contributed by atoms with Crippen molar-refractivity contribution < 1.29 is 0 Å². The van der Waals surface area contributed by atoms with Crippen LogP contribution < -0.4 is 11.1 Å². The van der Waals surface area contributed by atoms with Crippen LogP contribution in [0.5, 0.6) is 0 Å². The molecule has 0 heterocycles. The van der Waals surface area contributed by atoms with E-state index >= 15 is 0 Å². The molecule has 0 spiro atoms. The number of nitrogens with one attached hydrogen (secondary N) is 1. The molecule has 0 saturated heterocycles. The van der Waals surface area contributed by atoms with Crippen LogP contribution in [0.1, 0.15) is 123 Å². The van der Waals surface area contributed by atoms with E-state index in [-0.39, 0.29) is 0 Å². The summed E-state index contributed by atoms with van der Waals surface area (Å²) >= 11 is 0. The van der Waals surface area contributed by atoms with Crippen LogP contribution in [-0.2, 0) is 0 Å². The molecule has 0 aromatic heterocycles. The van der Waals surface area contributed by atoms with Gasteiger partial charge in [-0.05, 0) is 25.9 Å². The predicted octanol–water partition coefficient (Wildman–Crippen LogP) is 6.57. The van der Waals surface area contributed by atoms with Crippen molar-refractivity contribution in [3.05, 3.63) is 0 Å². The standard InChI is InChI=1S/C22H48N2/c1-3-5-6-7-8-9-10-11-12-13-14-15-16-17-18-19-22(23)20-21-24-4-2/h22,24H,3-21,23H2,1-2H3. The Bertz CT molecular complexity index is 218. The van der Waals surface area contributed by atoms with E-state index < -0.39 is 0 Å². The first-order valence-electron chi connectivity index (χ1n) is 11.3. The maximum Gasteiger partial charge on any atom is 0.00509 e. The molecule has 24 heavy (non-hydrogen) atoms. The Hall–Kier alpha value is -0.0800. The minimum atomic E-state index is 0.408. The largest absolute Gasteiger partial charge is 0.328 e. The molecule has 0 aliphatic heterocycles. The number of rotatable bonds is 20. The first-order chi connectivity index (χ1) is 11.8. The second-order valence-corrected chi connectivity index (χ2v) is 7.64. The van der Waals surface area contributed by atoms with Crippen molar-refractivity contribution >= 4 is 0 Å². The van der Waals surface area contributed by atoms with Crippen molar-refractivity contribution in [1.29, 1.82) is 0 Å². The van der Waals surface area contributed by atoms with Gasteiger partial charge >= 0.3 is 0 Å². The SMILES string of the molecule is CCCCCCCCCCCCCCCCCC(N)CCNCC. The summed E-state index contributed by atoms with van der Waals surface area (Å²) < 4.78 is 0. The highest BCUT2D eigenvalue weighted by molar-refractivity contribution is 4.63.